The molecule has 0 atom stereocenters. The highest BCUT2D eigenvalue weighted by Crippen LogP contribution is 2.00. The lowest BCUT2D eigenvalue weighted by Gasteiger charge is -2.17. The highest BCUT2D eigenvalue weighted by molar-refractivity contribution is 5.14. The number of nitrogens with zero attached hydrogens (tertiary/aromatic N) is 1. The van der Waals surface area contributed by atoms with Gasteiger partial charge >= 0.3 is 0 Å². The molecule has 0 aliphatic carbocycles. The van der Waals surface area contributed by atoms with Gasteiger partial charge in [0.1, 0.15) is 0 Å². The summed E-state index contributed by atoms with van der Waals surface area (Å²) in [7, 11) is 2.18. The Morgan fingerprint density at radius 1 is 1.05 bits per heavy atom. The first-order valence-electron chi connectivity index (χ1n) is 7.84. The normalized spacial score (nSPS) is 11.2. The van der Waals surface area contributed by atoms with Crippen molar-refractivity contribution in [2.75, 3.05) is 46.4 Å². The zero-order chi connectivity index (χ0) is 14.5. The third kappa shape index (κ3) is 9.08. The number of rotatable bonds is 12. The summed E-state index contributed by atoms with van der Waals surface area (Å²) in [5, 5.41) is 3.42. The van der Waals surface area contributed by atoms with Crippen LogP contribution < -0.4 is 5.32 Å². The molecule has 0 bridgehead atoms. The molecule has 0 fully saturated rings. The highest BCUT2D eigenvalue weighted by Gasteiger charge is 1.98. The minimum atomic E-state index is 0.827. The lowest BCUT2D eigenvalue weighted by molar-refractivity contribution is 0.132. The van der Waals surface area contributed by atoms with Gasteiger partial charge in [0.25, 0.3) is 0 Å². The number of likely N-dealkylation sites (N-methyl/N-ethyl adjacent to an activating group) is 1. The average molecular weight is 278 g/mol. The van der Waals surface area contributed by atoms with Crippen molar-refractivity contribution >= 4 is 0 Å². The van der Waals surface area contributed by atoms with Crippen molar-refractivity contribution in [1.29, 1.82) is 0 Å². The lowest BCUT2D eigenvalue weighted by Crippen LogP contribution is -2.32. The molecule has 3 heteroatoms. The lowest BCUT2D eigenvalue weighted by atomic mass is 10.1. The predicted octanol–water partition coefficient (Wildman–Crippen LogP) is 2.57. The van der Waals surface area contributed by atoms with Gasteiger partial charge in [0, 0.05) is 32.8 Å². The Labute approximate surface area is 124 Å². The Kier molecular flexibility index (Phi) is 10.2. The van der Waals surface area contributed by atoms with Gasteiger partial charge in [-0.1, -0.05) is 43.7 Å². The maximum Gasteiger partial charge on any atom is 0.0590 e. The van der Waals surface area contributed by atoms with Crippen LogP contribution in [0.1, 0.15) is 25.3 Å². The summed E-state index contributed by atoms with van der Waals surface area (Å²) in [6.45, 7) is 8.09. The molecule has 3 nitrogen and oxygen atoms in total. The van der Waals surface area contributed by atoms with Gasteiger partial charge in [-0.3, -0.25) is 0 Å². The Hall–Kier alpha value is -0.900. The molecular weight excluding hydrogens is 248 g/mol. The zero-order valence-electron chi connectivity index (χ0n) is 13.1. The summed E-state index contributed by atoms with van der Waals surface area (Å²) in [4.78, 5) is 2.37. The molecule has 0 radical (unpaired) electrons. The van der Waals surface area contributed by atoms with Crippen molar-refractivity contribution in [2.45, 2.75) is 26.2 Å². The fraction of sp³-hybridized carbons (Fsp3) is 0.647. The van der Waals surface area contributed by atoms with Crippen LogP contribution in [0.2, 0.25) is 0 Å². The molecule has 0 aliphatic heterocycles. The maximum absolute atomic E-state index is 5.51. The van der Waals surface area contributed by atoms with E-state index in [9.17, 15) is 0 Å². The molecule has 1 rings (SSSR count). The van der Waals surface area contributed by atoms with Crippen molar-refractivity contribution in [3.05, 3.63) is 35.9 Å². The molecule has 0 aliphatic rings. The van der Waals surface area contributed by atoms with Crippen molar-refractivity contribution in [1.82, 2.24) is 10.2 Å². The topological polar surface area (TPSA) is 24.5 Å². The minimum Gasteiger partial charge on any atom is -0.380 e. The third-order valence-electron chi connectivity index (χ3n) is 3.36. The van der Waals surface area contributed by atoms with Gasteiger partial charge in [-0.05, 0) is 25.5 Å². The van der Waals surface area contributed by atoms with Gasteiger partial charge in [0.05, 0.1) is 6.61 Å². The van der Waals surface area contributed by atoms with Crippen molar-refractivity contribution in [2.24, 2.45) is 0 Å². The second-order valence-electron chi connectivity index (χ2n) is 5.25. The van der Waals surface area contributed by atoms with E-state index in [-0.39, 0.29) is 0 Å². The number of unbranched alkanes of at least 4 members (excludes halogenated alkanes) is 1. The van der Waals surface area contributed by atoms with Gasteiger partial charge in [-0.25, -0.2) is 0 Å². The number of nitrogens with one attached hydrogen (secondary N) is 1. The molecule has 0 saturated heterocycles. The quantitative estimate of drug-likeness (QED) is 0.595. The molecule has 0 saturated carbocycles. The van der Waals surface area contributed by atoms with Crippen LogP contribution >= 0.6 is 0 Å². The number of hydrogen-bond acceptors (Lipinski definition) is 3. The van der Waals surface area contributed by atoms with Crippen LogP contribution in [0, 0.1) is 0 Å². The van der Waals surface area contributed by atoms with E-state index in [0.717, 1.165) is 45.8 Å². The van der Waals surface area contributed by atoms with Crippen molar-refractivity contribution in [3.63, 3.8) is 0 Å². The van der Waals surface area contributed by atoms with E-state index in [4.69, 9.17) is 4.74 Å². The van der Waals surface area contributed by atoms with Crippen LogP contribution in [0.15, 0.2) is 30.3 Å². The Morgan fingerprint density at radius 3 is 2.60 bits per heavy atom. The van der Waals surface area contributed by atoms with Crippen LogP contribution in [0.25, 0.3) is 0 Å². The Bertz CT molecular complexity index is 316. The van der Waals surface area contributed by atoms with Gasteiger partial charge in [-0.15, -0.1) is 0 Å². The summed E-state index contributed by atoms with van der Waals surface area (Å²) in [5.41, 5.74) is 1.41. The smallest absolute Gasteiger partial charge is 0.0590 e. The van der Waals surface area contributed by atoms with E-state index in [1.54, 1.807) is 0 Å². The third-order valence-corrected chi connectivity index (χ3v) is 3.36. The summed E-state index contributed by atoms with van der Waals surface area (Å²) >= 11 is 0. The molecule has 1 aromatic rings. The van der Waals surface area contributed by atoms with Crippen molar-refractivity contribution in [3.8, 4) is 0 Å². The largest absolute Gasteiger partial charge is 0.380 e. The van der Waals surface area contributed by atoms with E-state index < -0.39 is 0 Å². The first-order chi connectivity index (χ1) is 9.83. The SMILES string of the molecule is CCCCOCCNCCN(C)CCc1ccccc1. The first-order valence-corrected chi connectivity index (χ1v) is 7.84. The molecular formula is C17H30N2O. The fourth-order valence-corrected chi connectivity index (χ4v) is 1.96. The van der Waals surface area contributed by atoms with Crippen LogP contribution in [0.4, 0.5) is 0 Å². The first kappa shape index (κ1) is 17.2. The summed E-state index contributed by atoms with van der Waals surface area (Å²) in [6.07, 6.45) is 3.50. The molecule has 1 aromatic carbocycles. The van der Waals surface area contributed by atoms with E-state index >= 15 is 0 Å². The average Bonchev–Trinajstić information content (AvgIpc) is 2.49. The molecule has 114 valence electrons. The van der Waals surface area contributed by atoms with Gasteiger partial charge < -0.3 is 15.0 Å². The fourth-order valence-electron chi connectivity index (χ4n) is 1.96. The maximum atomic E-state index is 5.51. The van der Waals surface area contributed by atoms with Gasteiger partial charge in [0.15, 0.2) is 0 Å². The van der Waals surface area contributed by atoms with E-state index in [1.807, 2.05) is 0 Å². The molecule has 20 heavy (non-hydrogen) atoms. The molecule has 0 spiro atoms. The zero-order valence-corrected chi connectivity index (χ0v) is 13.1. The number of ether oxygens (including phenoxy) is 1. The molecule has 0 unspecified atom stereocenters. The standard InChI is InChI=1S/C17H30N2O/c1-3-4-15-20-16-12-18-11-14-19(2)13-10-17-8-6-5-7-9-17/h5-9,18H,3-4,10-16H2,1-2H3. The minimum absolute atomic E-state index is 0.827. The van der Waals surface area contributed by atoms with Crippen LogP contribution in [-0.4, -0.2) is 51.3 Å². The van der Waals surface area contributed by atoms with E-state index in [1.165, 1.54) is 18.4 Å². The summed E-state index contributed by atoms with van der Waals surface area (Å²) in [6, 6.07) is 10.7. The van der Waals surface area contributed by atoms with E-state index in [2.05, 4.69) is 54.5 Å². The molecule has 0 aromatic heterocycles. The molecule has 0 heterocycles. The highest BCUT2D eigenvalue weighted by atomic mass is 16.5. The Morgan fingerprint density at radius 2 is 1.85 bits per heavy atom. The van der Waals surface area contributed by atoms with E-state index in [0.29, 0.717) is 0 Å². The summed E-state index contributed by atoms with van der Waals surface area (Å²) < 4.78 is 5.51. The summed E-state index contributed by atoms with van der Waals surface area (Å²) in [5.74, 6) is 0. The number of benzene rings is 1. The number of hydrogen-bond donors (Lipinski definition) is 1. The van der Waals surface area contributed by atoms with Crippen molar-refractivity contribution < 1.29 is 4.74 Å². The predicted molar refractivity (Wildman–Crippen MR) is 86.2 cm³/mol. The van der Waals surface area contributed by atoms with Crippen LogP contribution in [0.5, 0.6) is 0 Å². The van der Waals surface area contributed by atoms with Crippen LogP contribution in [0.3, 0.4) is 0 Å². The van der Waals surface area contributed by atoms with Gasteiger partial charge in [-0.2, -0.15) is 0 Å². The van der Waals surface area contributed by atoms with Crippen LogP contribution in [-0.2, 0) is 11.2 Å². The monoisotopic (exact) mass is 278 g/mol. The molecule has 0 amide bonds. The Balaban J connectivity index is 1.91. The second kappa shape index (κ2) is 11.9. The molecule has 1 N–H and O–H groups in total. The second-order valence-corrected chi connectivity index (χ2v) is 5.25. The van der Waals surface area contributed by atoms with Gasteiger partial charge in [0.2, 0.25) is 0 Å².